The zero-order valence-electron chi connectivity index (χ0n) is 13.9. The lowest BCUT2D eigenvalue weighted by molar-refractivity contribution is 0.00525. The highest BCUT2D eigenvalue weighted by Crippen LogP contribution is 2.29. The third-order valence-electron chi connectivity index (χ3n) is 3.76. The smallest absolute Gasteiger partial charge is 0.161 e. The molecule has 2 N–H and O–H groups in total. The van der Waals surface area contributed by atoms with Gasteiger partial charge in [0.1, 0.15) is 0 Å². The summed E-state index contributed by atoms with van der Waals surface area (Å²) >= 11 is 0. The Kier molecular flexibility index (Phi) is 6.99. The monoisotopic (exact) mass is 295 g/mol. The molecule has 0 fully saturated rings. The molecule has 0 aromatic heterocycles. The van der Waals surface area contributed by atoms with Crippen LogP contribution in [0.3, 0.4) is 0 Å². The minimum Gasteiger partial charge on any atom is -0.493 e. The molecule has 120 valence electrons. The topological polar surface area (TPSA) is 53.7 Å². The van der Waals surface area contributed by atoms with E-state index in [0.717, 1.165) is 30.8 Å². The minimum absolute atomic E-state index is 0.179. The molecule has 0 saturated heterocycles. The average molecular weight is 295 g/mol. The lowest BCUT2D eigenvalue weighted by atomic mass is 10.0. The zero-order chi connectivity index (χ0) is 15.9. The first-order valence-corrected chi connectivity index (χ1v) is 7.52. The molecule has 0 saturated carbocycles. The number of rotatable bonds is 9. The van der Waals surface area contributed by atoms with Crippen molar-refractivity contribution in [1.29, 1.82) is 0 Å². The van der Waals surface area contributed by atoms with E-state index in [4.69, 9.17) is 19.9 Å². The Balaban J connectivity index is 2.72. The third kappa shape index (κ3) is 5.94. The Morgan fingerprint density at radius 2 is 1.90 bits per heavy atom. The summed E-state index contributed by atoms with van der Waals surface area (Å²) in [7, 11) is 3.37. The first-order valence-electron chi connectivity index (χ1n) is 7.52. The summed E-state index contributed by atoms with van der Waals surface area (Å²) in [4.78, 5) is 0. The quantitative estimate of drug-likeness (QED) is 0.760. The molecule has 0 heterocycles. The summed E-state index contributed by atoms with van der Waals surface area (Å²) in [6, 6.07) is 6.18. The van der Waals surface area contributed by atoms with E-state index in [1.165, 1.54) is 5.56 Å². The van der Waals surface area contributed by atoms with E-state index < -0.39 is 0 Å². The summed E-state index contributed by atoms with van der Waals surface area (Å²) in [5.74, 6) is 1.52. The van der Waals surface area contributed by atoms with Gasteiger partial charge in [-0.05, 0) is 44.4 Å². The fourth-order valence-corrected chi connectivity index (χ4v) is 1.92. The van der Waals surface area contributed by atoms with Gasteiger partial charge in [-0.1, -0.05) is 13.0 Å². The Morgan fingerprint density at radius 1 is 1.19 bits per heavy atom. The van der Waals surface area contributed by atoms with Crippen molar-refractivity contribution in [2.45, 2.75) is 51.7 Å². The maximum atomic E-state index is 6.01. The van der Waals surface area contributed by atoms with Crippen LogP contribution in [0.4, 0.5) is 0 Å². The van der Waals surface area contributed by atoms with Gasteiger partial charge in [0.25, 0.3) is 0 Å². The van der Waals surface area contributed by atoms with Crippen molar-refractivity contribution >= 4 is 0 Å². The van der Waals surface area contributed by atoms with Gasteiger partial charge in [-0.25, -0.2) is 0 Å². The van der Waals surface area contributed by atoms with Crippen LogP contribution in [0, 0.1) is 0 Å². The predicted molar refractivity (Wildman–Crippen MR) is 86.2 cm³/mol. The maximum absolute atomic E-state index is 6.01. The fraction of sp³-hybridized carbons (Fsp3) is 0.647. The highest BCUT2D eigenvalue weighted by Gasteiger charge is 2.17. The number of ether oxygens (including phenoxy) is 3. The molecular weight excluding hydrogens is 266 g/mol. The largest absolute Gasteiger partial charge is 0.493 e. The Hall–Kier alpha value is -1.26. The zero-order valence-corrected chi connectivity index (χ0v) is 13.9. The van der Waals surface area contributed by atoms with Gasteiger partial charge in [-0.2, -0.15) is 0 Å². The number of nitrogens with two attached hydrogens (primary N) is 1. The van der Waals surface area contributed by atoms with Gasteiger partial charge in [0, 0.05) is 19.6 Å². The molecule has 4 heteroatoms. The maximum Gasteiger partial charge on any atom is 0.161 e. The SMILES string of the molecule is CCC(N)Cc1ccc(OC)c(OCCC(C)(C)OC)c1. The van der Waals surface area contributed by atoms with E-state index in [1.54, 1.807) is 14.2 Å². The van der Waals surface area contributed by atoms with Gasteiger partial charge in [0.15, 0.2) is 11.5 Å². The van der Waals surface area contributed by atoms with E-state index in [-0.39, 0.29) is 11.6 Å². The van der Waals surface area contributed by atoms with E-state index in [0.29, 0.717) is 6.61 Å². The molecule has 0 amide bonds. The van der Waals surface area contributed by atoms with E-state index in [2.05, 4.69) is 6.92 Å². The standard InChI is InChI=1S/C17H29NO3/c1-6-14(18)11-13-7-8-15(19-4)16(12-13)21-10-9-17(2,3)20-5/h7-8,12,14H,6,9-11,18H2,1-5H3. The van der Waals surface area contributed by atoms with Crippen LogP contribution in [-0.2, 0) is 11.2 Å². The first-order chi connectivity index (χ1) is 9.91. The fourth-order valence-electron chi connectivity index (χ4n) is 1.92. The molecule has 0 aliphatic rings. The Labute approximate surface area is 128 Å². The number of hydrogen-bond acceptors (Lipinski definition) is 4. The lowest BCUT2D eigenvalue weighted by Gasteiger charge is -2.23. The van der Waals surface area contributed by atoms with Crippen LogP contribution >= 0.6 is 0 Å². The summed E-state index contributed by atoms with van der Waals surface area (Å²) in [5.41, 5.74) is 7.00. The lowest BCUT2D eigenvalue weighted by Crippen LogP contribution is -2.25. The van der Waals surface area contributed by atoms with Gasteiger partial charge in [0.05, 0.1) is 19.3 Å². The van der Waals surface area contributed by atoms with Crippen LogP contribution in [0.1, 0.15) is 39.2 Å². The number of hydrogen-bond donors (Lipinski definition) is 1. The molecule has 1 atom stereocenters. The van der Waals surface area contributed by atoms with Crippen molar-refractivity contribution in [3.63, 3.8) is 0 Å². The Bertz CT molecular complexity index is 432. The molecule has 0 spiro atoms. The van der Waals surface area contributed by atoms with E-state index in [9.17, 15) is 0 Å². The van der Waals surface area contributed by atoms with E-state index in [1.807, 2.05) is 32.0 Å². The molecule has 1 aromatic carbocycles. The van der Waals surface area contributed by atoms with Gasteiger partial charge in [0.2, 0.25) is 0 Å². The second-order valence-electron chi connectivity index (χ2n) is 5.92. The first kappa shape index (κ1) is 17.8. The summed E-state index contributed by atoms with van der Waals surface area (Å²) in [6.45, 7) is 6.77. The van der Waals surface area contributed by atoms with Crippen molar-refractivity contribution in [2.75, 3.05) is 20.8 Å². The molecular formula is C17H29NO3. The van der Waals surface area contributed by atoms with Gasteiger partial charge >= 0.3 is 0 Å². The highest BCUT2D eigenvalue weighted by molar-refractivity contribution is 5.43. The predicted octanol–water partition coefficient (Wildman–Crippen LogP) is 3.17. The van der Waals surface area contributed by atoms with Crippen LogP contribution in [0.25, 0.3) is 0 Å². The van der Waals surface area contributed by atoms with Crippen LogP contribution in [0.5, 0.6) is 11.5 Å². The molecule has 0 bridgehead atoms. The minimum atomic E-state index is -0.185. The molecule has 0 radical (unpaired) electrons. The van der Waals surface area contributed by atoms with Crippen molar-refractivity contribution in [1.82, 2.24) is 0 Å². The van der Waals surface area contributed by atoms with E-state index >= 15 is 0 Å². The molecule has 21 heavy (non-hydrogen) atoms. The second-order valence-corrected chi connectivity index (χ2v) is 5.92. The van der Waals surface area contributed by atoms with Crippen LogP contribution in [-0.4, -0.2) is 32.5 Å². The average Bonchev–Trinajstić information content (AvgIpc) is 2.47. The molecule has 1 unspecified atom stereocenters. The number of methoxy groups -OCH3 is 2. The summed E-state index contributed by atoms with van der Waals surface area (Å²) < 4.78 is 16.6. The molecule has 0 aliphatic carbocycles. The van der Waals surface area contributed by atoms with Gasteiger partial charge in [-0.3, -0.25) is 0 Å². The van der Waals surface area contributed by atoms with Crippen LogP contribution in [0.2, 0.25) is 0 Å². The highest BCUT2D eigenvalue weighted by atomic mass is 16.5. The van der Waals surface area contributed by atoms with Gasteiger partial charge < -0.3 is 19.9 Å². The van der Waals surface area contributed by atoms with Crippen molar-refractivity contribution in [2.24, 2.45) is 5.73 Å². The van der Waals surface area contributed by atoms with Crippen molar-refractivity contribution < 1.29 is 14.2 Å². The summed E-state index contributed by atoms with van der Waals surface area (Å²) in [5, 5.41) is 0. The van der Waals surface area contributed by atoms with Crippen LogP contribution < -0.4 is 15.2 Å². The molecule has 1 aromatic rings. The summed E-state index contributed by atoms with van der Waals surface area (Å²) in [6.07, 6.45) is 2.62. The second kappa shape index (κ2) is 8.25. The van der Waals surface area contributed by atoms with Crippen molar-refractivity contribution in [3.05, 3.63) is 23.8 Å². The van der Waals surface area contributed by atoms with Crippen molar-refractivity contribution in [3.8, 4) is 11.5 Å². The normalized spacial score (nSPS) is 13.0. The molecule has 4 nitrogen and oxygen atoms in total. The number of benzene rings is 1. The van der Waals surface area contributed by atoms with Crippen LogP contribution in [0.15, 0.2) is 18.2 Å². The molecule has 1 rings (SSSR count). The Morgan fingerprint density at radius 3 is 2.48 bits per heavy atom. The molecule has 0 aliphatic heterocycles. The third-order valence-corrected chi connectivity index (χ3v) is 3.76. The van der Waals surface area contributed by atoms with Gasteiger partial charge in [-0.15, -0.1) is 0 Å².